The number of benzene rings is 1. The molecule has 0 spiro atoms. The molecule has 0 aromatic heterocycles. The molecule has 1 aromatic carbocycles. The minimum absolute atomic E-state index is 0.00204. The number of anilines is 1. The van der Waals surface area contributed by atoms with E-state index in [-0.39, 0.29) is 12.3 Å². The number of aliphatic carboxylic acids is 1. The van der Waals surface area contributed by atoms with Gasteiger partial charge in [0.05, 0.1) is 5.56 Å². The molecule has 1 amide bonds. The number of carboxylic acids is 1. The molecule has 0 heterocycles. The maximum absolute atomic E-state index is 11.4. The van der Waals surface area contributed by atoms with Crippen molar-refractivity contribution in [3.8, 4) is 0 Å². The quantitative estimate of drug-likeness (QED) is 0.667. The van der Waals surface area contributed by atoms with Crippen molar-refractivity contribution in [3.05, 3.63) is 28.2 Å². The molecule has 0 aliphatic heterocycles. The number of hydrogen-bond acceptors (Lipinski definition) is 3. The summed E-state index contributed by atoms with van der Waals surface area (Å²) in [7, 11) is 0. The van der Waals surface area contributed by atoms with Crippen molar-refractivity contribution in [1.29, 1.82) is 0 Å². The van der Waals surface area contributed by atoms with Gasteiger partial charge < -0.3 is 16.2 Å². The summed E-state index contributed by atoms with van der Waals surface area (Å²) < 4.78 is 0.827. The van der Waals surface area contributed by atoms with Crippen molar-refractivity contribution in [3.63, 3.8) is 0 Å². The van der Waals surface area contributed by atoms with Crippen LogP contribution in [-0.2, 0) is 4.79 Å². The minimum atomic E-state index is -0.813. The minimum Gasteiger partial charge on any atom is -0.481 e. The molecular weight excluding hydrogens is 336 g/mol. The smallest absolute Gasteiger partial charge is 0.303 e. The second-order valence-electron chi connectivity index (χ2n) is 5.53. The number of carbonyl (C=O) groups is 2. The molecule has 0 bridgehead atoms. The first kappa shape index (κ1) is 17.5. The molecule has 5 nitrogen and oxygen atoms in total. The summed E-state index contributed by atoms with van der Waals surface area (Å²) in [5, 5.41) is 12.1. The van der Waals surface area contributed by atoms with Crippen molar-refractivity contribution >= 4 is 33.5 Å². The zero-order chi connectivity index (χ0) is 16.0. The monoisotopic (exact) mass is 356 g/mol. The number of carboxylic acid groups (broad SMARTS) is 1. The number of nitrogens with two attached hydrogens (primary N) is 1. The van der Waals surface area contributed by atoms with Crippen LogP contribution in [0.1, 0.15) is 37.0 Å². The molecule has 0 aliphatic rings. The second kappa shape index (κ2) is 8.02. The van der Waals surface area contributed by atoms with Gasteiger partial charge in [0.25, 0.3) is 5.91 Å². The van der Waals surface area contributed by atoms with Crippen molar-refractivity contribution in [2.24, 2.45) is 17.6 Å². The molecule has 0 saturated heterocycles. The van der Waals surface area contributed by atoms with Crippen LogP contribution in [0.3, 0.4) is 0 Å². The van der Waals surface area contributed by atoms with Crippen LogP contribution in [0, 0.1) is 11.8 Å². The molecule has 0 radical (unpaired) electrons. The average molecular weight is 357 g/mol. The third kappa shape index (κ3) is 6.16. The van der Waals surface area contributed by atoms with Crippen LogP contribution in [-0.4, -0.2) is 23.5 Å². The SMILES string of the molecule is CC(C)CC(CNc1cc(Br)ccc1C(N)=O)CC(=O)O. The highest BCUT2D eigenvalue weighted by molar-refractivity contribution is 9.10. The van der Waals surface area contributed by atoms with E-state index in [0.717, 1.165) is 10.9 Å². The first-order chi connectivity index (χ1) is 9.79. The lowest BCUT2D eigenvalue weighted by molar-refractivity contribution is -0.138. The maximum Gasteiger partial charge on any atom is 0.303 e. The van der Waals surface area contributed by atoms with Gasteiger partial charge in [-0.25, -0.2) is 0 Å². The van der Waals surface area contributed by atoms with Crippen molar-refractivity contribution in [1.82, 2.24) is 0 Å². The molecule has 6 heteroatoms. The Morgan fingerprint density at radius 2 is 2.05 bits per heavy atom. The van der Waals surface area contributed by atoms with Crippen molar-refractivity contribution < 1.29 is 14.7 Å². The van der Waals surface area contributed by atoms with E-state index in [0.29, 0.717) is 23.7 Å². The lowest BCUT2D eigenvalue weighted by Crippen LogP contribution is -2.21. The van der Waals surface area contributed by atoms with Crippen molar-refractivity contribution in [2.75, 3.05) is 11.9 Å². The van der Waals surface area contributed by atoms with Gasteiger partial charge in [-0.15, -0.1) is 0 Å². The summed E-state index contributed by atoms with van der Waals surface area (Å²) in [6, 6.07) is 5.16. The number of halogens is 1. The van der Waals surface area contributed by atoms with Gasteiger partial charge >= 0.3 is 5.97 Å². The molecule has 0 saturated carbocycles. The number of primary amides is 1. The highest BCUT2D eigenvalue weighted by atomic mass is 79.9. The van der Waals surface area contributed by atoms with Crippen LogP contribution in [0.4, 0.5) is 5.69 Å². The summed E-state index contributed by atoms with van der Waals surface area (Å²) >= 11 is 3.35. The predicted octanol–water partition coefficient (Wildman–Crippen LogP) is 3.10. The summed E-state index contributed by atoms with van der Waals surface area (Å²) in [5.41, 5.74) is 6.37. The fourth-order valence-electron chi connectivity index (χ4n) is 2.28. The Hall–Kier alpha value is -1.56. The van der Waals surface area contributed by atoms with Gasteiger partial charge in [-0.3, -0.25) is 9.59 Å². The molecule has 0 fully saturated rings. The average Bonchev–Trinajstić information content (AvgIpc) is 2.34. The van der Waals surface area contributed by atoms with Crippen LogP contribution in [0.2, 0.25) is 0 Å². The highest BCUT2D eigenvalue weighted by Gasteiger charge is 2.16. The fraction of sp³-hybridized carbons (Fsp3) is 0.467. The molecule has 0 aliphatic carbocycles. The van der Waals surface area contributed by atoms with E-state index in [1.807, 2.05) is 0 Å². The van der Waals surface area contributed by atoms with Crippen LogP contribution in [0.5, 0.6) is 0 Å². The normalized spacial score (nSPS) is 12.2. The Kier molecular flexibility index (Phi) is 6.68. The fourth-order valence-corrected chi connectivity index (χ4v) is 2.65. The number of hydrogen-bond donors (Lipinski definition) is 3. The first-order valence-electron chi connectivity index (χ1n) is 6.84. The zero-order valence-electron chi connectivity index (χ0n) is 12.2. The Bertz CT molecular complexity index is 518. The summed E-state index contributed by atoms with van der Waals surface area (Å²) in [5.74, 6) is -0.910. The largest absolute Gasteiger partial charge is 0.481 e. The Labute approximate surface area is 133 Å². The van der Waals surface area contributed by atoms with Crippen molar-refractivity contribution in [2.45, 2.75) is 26.7 Å². The number of rotatable bonds is 8. The van der Waals surface area contributed by atoms with E-state index in [4.69, 9.17) is 10.8 Å². The van der Waals surface area contributed by atoms with Gasteiger partial charge in [-0.2, -0.15) is 0 Å². The number of amides is 1. The second-order valence-corrected chi connectivity index (χ2v) is 6.44. The van der Waals surface area contributed by atoms with Crippen LogP contribution in [0.25, 0.3) is 0 Å². The van der Waals surface area contributed by atoms with E-state index in [1.165, 1.54) is 0 Å². The van der Waals surface area contributed by atoms with E-state index in [2.05, 4.69) is 35.1 Å². The van der Waals surface area contributed by atoms with E-state index < -0.39 is 11.9 Å². The summed E-state index contributed by atoms with van der Waals surface area (Å²) in [6.45, 7) is 4.60. The number of carbonyl (C=O) groups excluding carboxylic acids is 1. The van der Waals surface area contributed by atoms with Gasteiger partial charge in [-0.1, -0.05) is 29.8 Å². The van der Waals surface area contributed by atoms with Crippen LogP contribution < -0.4 is 11.1 Å². The molecule has 116 valence electrons. The van der Waals surface area contributed by atoms with Gasteiger partial charge in [0.1, 0.15) is 0 Å². The van der Waals surface area contributed by atoms with E-state index in [9.17, 15) is 9.59 Å². The maximum atomic E-state index is 11.4. The third-order valence-corrected chi connectivity index (χ3v) is 3.59. The summed E-state index contributed by atoms with van der Waals surface area (Å²) in [4.78, 5) is 22.3. The summed E-state index contributed by atoms with van der Waals surface area (Å²) in [6.07, 6.45) is 0.907. The topological polar surface area (TPSA) is 92.4 Å². The van der Waals surface area contributed by atoms with Gasteiger partial charge in [0.2, 0.25) is 0 Å². The zero-order valence-corrected chi connectivity index (χ0v) is 13.8. The molecule has 21 heavy (non-hydrogen) atoms. The molecule has 4 N–H and O–H groups in total. The standard InChI is InChI=1S/C15H21BrN2O3/c1-9(2)5-10(6-14(19)20)8-18-13-7-11(16)3-4-12(13)15(17)21/h3-4,7,9-10,18H,5-6,8H2,1-2H3,(H2,17,21)(H,19,20). The molecule has 1 rings (SSSR count). The van der Waals surface area contributed by atoms with Gasteiger partial charge in [-0.05, 0) is 36.5 Å². The van der Waals surface area contributed by atoms with E-state index in [1.54, 1.807) is 18.2 Å². The van der Waals surface area contributed by atoms with Crippen LogP contribution in [0.15, 0.2) is 22.7 Å². The Morgan fingerprint density at radius 1 is 1.38 bits per heavy atom. The first-order valence-corrected chi connectivity index (χ1v) is 7.64. The molecular formula is C15H21BrN2O3. The van der Waals surface area contributed by atoms with Crippen LogP contribution >= 0.6 is 15.9 Å². The predicted molar refractivity (Wildman–Crippen MR) is 86.3 cm³/mol. The number of nitrogens with one attached hydrogen (secondary N) is 1. The van der Waals surface area contributed by atoms with Gasteiger partial charge in [0.15, 0.2) is 0 Å². The van der Waals surface area contributed by atoms with E-state index >= 15 is 0 Å². The lowest BCUT2D eigenvalue weighted by Gasteiger charge is -2.19. The molecule has 1 aromatic rings. The molecule has 1 atom stereocenters. The highest BCUT2D eigenvalue weighted by Crippen LogP contribution is 2.23. The Morgan fingerprint density at radius 3 is 2.57 bits per heavy atom. The lowest BCUT2D eigenvalue weighted by atomic mass is 9.94. The third-order valence-electron chi connectivity index (χ3n) is 3.10. The Balaban J connectivity index is 2.81. The molecule has 1 unspecified atom stereocenters. The van der Waals surface area contributed by atoms with Gasteiger partial charge in [0, 0.05) is 23.1 Å².